The Morgan fingerprint density at radius 3 is 2.41 bits per heavy atom. The number of nitrogens with one attached hydrogen (secondary N) is 1. The van der Waals surface area contributed by atoms with Crippen molar-refractivity contribution in [1.82, 2.24) is 4.90 Å². The van der Waals surface area contributed by atoms with Crippen molar-refractivity contribution in [2.24, 2.45) is 0 Å². The van der Waals surface area contributed by atoms with Crippen molar-refractivity contribution in [2.45, 2.75) is 6.54 Å². The summed E-state index contributed by atoms with van der Waals surface area (Å²) in [4.78, 5) is 18.1. The van der Waals surface area contributed by atoms with Crippen molar-refractivity contribution in [2.75, 3.05) is 58.9 Å². The van der Waals surface area contributed by atoms with Gasteiger partial charge in [-0.3, -0.25) is 4.79 Å². The van der Waals surface area contributed by atoms with Gasteiger partial charge in [-0.1, -0.05) is 12.1 Å². The fraction of sp³-hybridized carbons (Fsp3) is 0.409. The highest BCUT2D eigenvalue weighted by Crippen LogP contribution is 2.31. The molecule has 0 aliphatic carbocycles. The van der Waals surface area contributed by atoms with Crippen LogP contribution in [-0.4, -0.2) is 69.9 Å². The second-order valence-electron chi connectivity index (χ2n) is 7.33. The number of ether oxygens (including phenoxy) is 2. The van der Waals surface area contributed by atoms with Gasteiger partial charge in [0, 0.05) is 24.8 Å². The van der Waals surface area contributed by atoms with Crippen molar-refractivity contribution in [3.8, 4) is 17.2 Å². The van der Waals surface area contributed by atoms with Crippen LogP contribution < -0.4 is 19.3 Å². The highest BCUT2D eigenvalue weighted by Gasteiger charge is 2.24. The van der Waals surface area contributed by atoms with E-state index in [1.165, 1.54) is 4.90 Å². The summed E-state index contributed by atoms with van der Waals surface area (Å²) < 4.78 is 10.8. The van der Waals surface area contributed by atoms with Crippen molar-refractivity contribution in [1.29, 1.82) is 0 Å². The number of carbonyl (C=O) groups excluding carboxylic acids is 1. The molecule has 1 fully saturated rings. The summed E-state index contributed by atoms with van der Waals surface area (Å²) in [6, 6.07) is 13.0. The molecule has 2 aromatic rings. The van der Waals surface area contributed by atoms with E-state index in [0.29, 0.717) is 24.6 Å². The Hall–Kier alpha value is -2.93. The first kappa shape index (κ1) is 20.8. The lowest BCUT2D eigenvalue weighted by atomic mass is 10.1. The highest BCUT2D eigenvalue weighted by molar-refractivity contribution is 5.77. The molecule has 1 aliphatic rings. The van der Waals surface area contributed by atoms with Crippen LogP contribution in [0.1, 0.15) is 5.56 Å². The standard InChI is InChI=1S/C22H29N3O4/c1-23(15-17-5-4-6-20(28-2)22(17)29-3)21(27)16-24-11-13-25(14-12-24)18-7-9-19(26)10-8-18/h4-10,26H,11-16H2,1-3H3/p+1. The number of likely N-dealkylation sites (N-methyl/N-ethyl adjacent to an activating group) is 1. The number of benzene rings is 2. The molecule has 2 N–H and O–H groups in total. The van der Waals surface area contributed by atoms with E-state index in [2.05, 4.69) is 4.90 Å². The normalized spacial score (nSPS) is 14.5. The maximum absolute atomic E-state index is 12.8. The molecule has 3 rings (SSSR count). The molecule has 0 atom stereocenters. The molecule has 0 saturated carbocycles. The quantitative estimate of drug-likeness (QED) is 0.719. The van der Waals surface area contributed by atoms with Gasteiger partial charge in [-0.25, -0.2) is 0 Å². The van der Waals surface area contributed by atoms with Gasteiger partial charge in [0.25, 0.3) is 5.91 Å². The number of phenols is 1. The summed E-state index contributed by atoms with van der Waals surface area (Å²) in [5, 5.41) is 9.44. The Morgan fingerprint density at radius 1 is 1.10 bits per heavy atom. The number of rotatable bonds is 7. The van der Waals surface area contributed by atoms with Gasteiger partial charge in [0.1, 0.15) is 5.75 Å². The molecule has 1 saturated heterocycles. The van der Waals surface area contributed by atoms with Crippen LogP contribution in [0.3, 0.4) is 0 Å². The fourth-order valence-corrected chi connectivity index (χ4v) is 3.69. The number of carbonyl (C=O) groups is 1. The van der Waals surface area contributed by atoms with E-state index in [1.54, 1.807) is 31.3 Å². The Morgan fingerprint density at radius 2 is 1.79 bits per heavy atom. The highest BCUT2D eigenvalue weighted by atomic mass is 16.5. The number of phenolic OH excluding ortho intramolecular Hbond substituents is 1. The van der Waals surface area contributed by atoms with Crippen LogP contribution >= 0.6 is 0 Å². The molecule has 7 nitrogen and oxygen atoms in total. The van der Waals surface area contributed by atoms with Gasteiger partial charge in [0.15, 0.2) is 18.0 Å². The van der Waals surface area contributed by atoms with Crippen LogP contribution in [0, 0.1) is 0 Å². The maximum atomic E-state index is 12.8. The second-order valence-corrected chi connectivity index (χ2v) is 7.33. The zero-order valence-electron chi connectivity index (χ0n) is 17.4. The van der Waals surface area contributed by atoms with Gasteiger partial charge in [-0.05, 0) is 30.3 Å². The summed E-state index contributed by atoms with van der Waals surface area (Å²) in [5.74, 6) is 1.73. The Labute approximate surface area is 172 Å². The largest absolute Gasteiger partial charge is 0.508 e. The smallest absolute Gasteiger partial charge is 0.277 e. The summed E-state index contributed by atoms with van der Waals surface area (Å²) in [7, 11) is 5.05. The third-order valence-electron chi connectivity index (χ3n) is 5.40. The molecule has 2 aromatic carbocycles. The van der Waals surface area contributed by atoms with Crippen LogP contribution in [0.15, 0.2) is 42.5 Å². The van der Waals surface area contributed by atoms with Crippen LogP contribution in [0.4, 0.5) is 5.69 Å². The predicted molar refractivity (Wildman–Crippen MR) is 112 cm³/mol. The number of quaternary nitrogens is 1. The molecular formula is C22H30N3O4+. The molecule has 1 aliphatic heterocycles. The Bertz CT molecular complexity index is 817. The van der Waals surface area contributed by atoms with Crippen LogP contribution in [-0.2, 0) is 11.3 Å². The number of nitrogens with zero attached hydrogens (tertiary/aromatic N) is 2. The lowest BCUT2D eigenvalue weighted by Gasteiger charge is -2.34. The Kier molecular flexibility index (Phi) is 6.82. The van der Waals surface area contributed by atoms with E-state index in [1.807, 2.05) is 37.4 Å². The molecule has 0 bridgehead atoms. The van der Waals surface area contributed by atoms with E-state index in [0.717, 1.165) is 37.4 Å². The molecule has 0 unspecified atom stereocenters. The van der Waals surface area contributed by atoms with Gasteiger partial charge < -0.3 is 29.3 Å². The van der Waals surface area contributed by atoms with Gasteiger partial charge in [0.2, 0.25) is 0 Å². The molecule has 0 spiro atoms. The summed E-state index contributed by atoms with van der Waals surface area (Å²) in [5.41, 5.74) is 2.03. The average Bonchev–Trinajstić information content (AvgIpc) is 2.74. The van der Waals surface area contributed by atoms with Crippen molar-refractivity contribution in [3.63, 3.8) is 0 Å². The topological polar surface area (TPSA) is 66.7 Å². The fourth-order valence-electron chi connectivity index (χ4n) is 3.69. The number of piperazine rings is 1. The van der Waals surface area contributed by atoms with Gasteiger partial charge in [-0.2, -0.15) is 0 Å². The van der Waals surface area contributed by atoms with E-state index >= 15 is 0 Å². The number of amides is 1. The number of aromatic hydroxyl groups is 1. The molecule has 0 aromatic heterocycles. The average molecular weight is 400 g/mol. The Balaban J connectivity index is 1.52. The predicted octanol–water partition coefficient (Wildman–Crippen LogP) is 0.773. The van der Waals surface area contributed by atoms with E-state index in [4.69, 9.17) is 9.47 Å². The lowest BCUT2D eigenvalue weighted by molar-refractivity contribution is -0.892. The number of para-hydroxylation sites is 1. The third-order valence-corrected chi connectivity index (χ3v) is 5.40. The minimum atomic E-state index is 0.114. The van der Waals surface area contributed by atoms with Gasteiger partial charge in [-0.15, -0.1) is 0 Å². The third kappa shape index (κ3) is 5.12. The minimum Gasteiger partial charge on any atom is -0.508 e. The monoisotopic (exact) mass is 400 g/mol. The molecule has 29 heavy (non-hydrogen) atoms. The molecule has 0 radical (unpaired) electrons. The zero-order valence-corrected chi connectivity index (χ0v) is 17.4. The maximum Gasteiger partial charge on any atom is 0.277 e. The van der Waals surface area contributed by atoms with Crippen LogP contribution in [0.5, 0.6) is 17.2 Å². The van der Waals surface area contributed by atoms with Crippen molar-refractivity contribution in [3.05, 3.63) is 48.0 Å². The van der Waals surface area contributed by atoms with E-state index < -0.39 is 0 Å². The number of hydrogen-bond acceptors (Lipinski definition) is 5. The summed E-state index contributed by atoms with van der Waals surface area (Å²) in [6.45, 7) is 4.55. The minimum absolute atomic E-state index is 0.114. The number of methoxy groups -OCH3 is 2. The summed E-state index contributed by atoms with van der Waals surface area (Å²) >= 11 is 0. The van der Waals surface area contributed by atoms with Gasteiger partial charge >= 0.3 is 0 Å². The first-order valence-corrected chi connectivity index (χ1v) is 9.83. The molecule has 7 heteroatoms. The second kappa shape index (κ2) is 9.52. The SMILES string of the molecule is COc1cccc(CN(C)C(=O)C[NH+]2CCN(c3ccc(O)cc3)CC2)c1OC. The van der Waals surface area contributed by atoms with Crippen LogP contribution in [0.2, 0.25) is 0 Å². The molecular weight excluding hydrogens is 370 g/mol. The number of anilines is 1. The van der Waals surface area contributed by atoms with Gasteiger partial charge in [0.05, 0.1) is 40.4 Å². The number of hydrogen-bond donors (Lipinski definition) is 2. The lowest BCUT2D eigenvalue weighted by Crippen LogP contribution is -3.15. The molecule has 156 valence electrons. The van der Waals surface area contributed by atoms with E-state index in [-0.39, 0.29) is 11.7 Å². The van der Waals surface area contributed by atoms with Crippen LogP contribution in [0.25, 0.3) is 0 Å². The summed E-state index contributed by atoms with van der Waals surface area (Å²) in [6.07, 6.45) is 0. The molecule has 1 heterocycles. The van der Waals surface area contributed by atoms with Crippen molar-refractivity contribution < 1.29 is 24.3 Å². The van der Waals surface area contributed by atoms with Crippen molar-refractivity contribution >= 4 is 11.6 Å². The van der Waals surface area contributed by atoms with E-state index in [9.17, 15) is 9.90 Å². The molecule has 1 amide bonds. The first-order valence-electron chi connectivity index (χ1n) is 9.83. The first-order chi connectivity index (χ1) is 14.0. The zero-order chi connectivity index (χ0) is 20.8.